The summed E-state index contributed by atoms with van der Waals surface area (Å²) in [6, 6.07) is 3.06. The molecule has 0 atom stereocenters. The van der Waals surface area contributed by atoms with Gasteiger partial charge in [-0.25, -0.2) is 4.79 Å². The molecule has 0 N–H and O–H groups in total. The van der Waals surface area contributed by atoms with Gasteiger partial charge in [-0.1, -0.05) is 34.8 Å². The van der Waals surface area contributed by atoms with Gasteiger partial charge in [0.05, 0.1) is 27.7 Å². The number of halogens is 3. The molecule has 0 aliphatic carbocycles. The third kappa shape index (κ3) is 2.16. The van der Waals surface area contributed by atoms with Crippen LogP contribution in [-0.4, -0.2) is 23.3 Å². The highest BCUT2D eigenvalue weighted by molar-refractivity contribution is 6.44. The van der Waals surface area contributed by atoms with Crippen molar-refractivity contribution in [2.45, 2.75) is 0 Å². The fourth-order valence-electron chi connectivity index (χ4n) is 1.30. The van der Waals surface area contributed by atoms with Crippen molar-refractivity contribution in [2.24, 2.45) is 0 Å². The third-order valence-corrected chi connectivity index (χ3v) is 3.22. The van der Waals surface area contributed by atoms with Crippen LogP contribution in [0.1, 0.15) is 10.5 Å². The lowest BCUT2D eigenvalue weighted by atomic mass is 10.2. The Morgan fingerprint density at radius 2 is 1.82 bits per heavy atom. The van der Waals surface area contributed by atoms with E-state index in [9.17, 15) is 4.79 Å². The summed E-state index contributed by atoms with van der Waals surface area (Å²) in [5.41, 5.74) is 0.400. The number of hydrogen-bond donors (Lipinski definition) is 0. The molecule has 0 fully saturated rings. The molecule has 2 rings (SSSR count). The smallest absolute Gasteiger partial charge is 0.360 e. The lowest BCUT2D eigenvalue weighted by molar-refractivity contribution is 0.0593. The molecule has 0 aliphatic rings. The Morgan fingerprint density at radius 3 is 2.47 bits per heavy atom. The molecule has 7 heteroatoms. The summed E-state index contributed by atoms with van der Waals surface area (Å²) in [7, 11) is 1.24. The Bertz CT molecular complexity index is 616. The summed E-state index contributed by atoms with van der Waals surface area (Å²) < 4.78 is 4.54. The van der Waals surface area contributed by atoms with Crippen molar-refractivity contribution in [1.82, 2.24) is 10.2 Å². The SMILES string of the molecule is COC(=O)c1nnc2cc(Cl)c(Cl)cc2c1Cl. The van der Waals surface area contributed by atoms with Crippen LogP contribution in [0, 0.1) is 0 Å². The summed E-state index contributed by atoms with van der Waals surface area (Å²) in [6.45, 7) is 0. The maximum atomic E-state index is 11.4. The maximum absolute atomic E-state index is 11.4. The molecule has 0 saturated heterocycles. The van der Waals surface area contributed by atoms with Crippen LogP contribution in [0.5, 0.6) is 0 Å². The van der Waals surface area contributed by atoms with Gasteiger partial charge in [-0.2, -0.15) is 0 Å². The number of esters is 1. The van der Waals surface area contributed by atoms with Gasteiger partial charge in [-0.05, 0) is 12.1 Å². The molecule has 1 aromatic carbocycles. The second-order valence-electron chi connectivity index (χ2n) is 3.14. The van der Waals surface area contributed by atoms with Crippen molar-refractivity contribution in [3.8, 4) is 0 Å². The molecule has 17 heavy (non-hydrogen) atoms. The van der Waals surface area contributed by atoms with Crippen LogP contribution >= 0.6 is 34.8 Å². The summed E-state index contributed by atoms with van der Waals surface area (Å²) in [6.07, 6.45) is 0. The molecular formula is C10H5Cl3N2O2. The van der Waals surface area contributed by atoms with Crippen molar-refractivity contribution in [2.75, 3.05) is 7.11 Å². The zero-order valence-electron chi connectivity index (χ0n) is 8.50. The molecule has 2 aromatic rings. The van der Waals surface area contributed by atoms with Crippen LogP contribution in [-0.2, 0) is 4.74 Å². The summed E-state index contributed by atoms with van der Waals surface area (Å²) >= 11 is 17.7. The van der Waals surface area contributed by atoms with Crippen LogP contribution in [0.25, 0.3) is 10.9 Å². The van der Waals surface area contributed by atoms with Gasteiger partial charge in [-0.3, -0.25) is 0 Å². The van der Waals surface area contributed by atoms with E-state index >= 15 is 0 Å². The number of carbonyl (C=O) groups is 1. The van der Waals surface area contributed by atoms with Gasteiger partial charge in [0.1, 0.15) is 0 Å². The Kier molecular flexibility index (Phi) is 3.38. The molecular weight excluding hydrogens is 286 g/mol. The number of methoxy groups -OCH3 is 1. The first-order valence-electron chi connectivity index (χ1n) is 4.44. The highest BCUT2D eigenvalue weighted by Crippen LogP contribution is 2.31. The molecule has 1 heterocycles. The van der Waals surface area contributed by atoms with Crippen LogP contribution < -0.4 is 0 Å². The highest BCUT2D eigenvalue weighted by Gasteiger charge is 2.17. The Balaban J connectivity index is 2.75. The van der Waals surface area contributed by atoms with Gasteiger partial charge >= 0.3 is 5.97 Å². The van der Waals surface area contributed by atoms with Crippen molar-refractivity contribution in [3.63, 3.8) is 0 Å². The quantitative estimate of drug-likeness (QED) is 0.756. The average molecular weight is 292 g/mol. The predicted molar refractivity (Wildman–Crippen MR) is 65.9 cm³/mol. The van der Waals surface area contributed by atoms with Gasteiger partial charge in [0.15, 0.2) is 5.69 Å². The monoisotopic (exact) mass is 290 g/mol. The van der Waals surface area contributed by atoms with Gasteiger partial charge in [0, 0.05) is 5.39 Å². The Hall–Kier alpha value is -1.10. The lowest BCUT2D eigenvalue weighted by Crippen LogP contribution is -2.07. The van der Waals surface area contributed by atoms with Crippen LogP contribution in [0.3, 0.4) is 0 Å². The lowest BCUT2D eigenvalue weighted by Gasteiger charge is -2.05. The van der Waals surface area contributed by atoms with E-state index in [0.29, 0.717) is 20.9 Å². The molecule has 88 valence electrons. The minimum Gasteiger partial charge on any atom is -0.464 e. The number of rotatable bonds is 1. The fraction of sp³-hybridized carbons (Fsp3) is 0.100. The number of fused-ring (bicyclic) bond motifs is 1. The minimum absolute atomic E-state index is 0.0555. The van der Waals surface area contributed by atoms with Crippen molar-refractivity contribution in [3.05, 3.63) is 32.9 Å². The molecule has 0 radical (unpaired) electrons. The molecule has 4 nitrogen and oxygen atoms in total. The summed E-state index contributed by atoms with van der Waals surface area (Å²) in [5.74, 6) is -0.657. The first-order chi connectivity index (χ1) is 8.04. The molecule has 0 aliphatic heterocycles. The average Bonchev–Trinajstić information content (AvgIpc) is 2.31. The van der Waals surface area contributed by atoms with Gasteiger partial charge in [0.25, 0.3) is 0 Å². The number of nitrogens with zero attached hydrogens (tertiary/aromatic N) is 2. The first-order valence-corrected chi connectivity index (χ1v) is 5.57. The maximum Gasteiger partial charge on any atom is 0.360 e. The molecule has 0 amide bonds. The molecule has 0 saturated carbocycles. The number of ether oxygens (including phenoxy) is 1. The van der Waals surface area contributed by atoms with Gasteiger partial charge in [-0.15, -0.1) is 10.2 Å². The fourth-order valence-corrected chi connectivity index (χ4v) is 1.89. The summed E-state index contributed by atoms with van der Waals surface area (Å²) in [5, 5.41) is 8.83. The van der Waals surface area contributed by atoms with Gasteiger partial charge < -0.3 is 4.74 Å². The van der Waals surface area contributed by atoms with E-state index in [0.717, 1.165) is 0 Å². The zero-order valence-corrected chi connectivity index (χ0v) is 10.8. The minimum atomic E-state index is -0.657. The molecule has 1 aromatic heterocycles. The van der Waals surface area contributed by atoms with E-state index in [-0.39, 0.29) is 10.7 Å². The normalized spacial score (nSPS) is 10.6. The zero-order chi connectivity index (χ0) is 12.6. The van der Waals surface area contributed by atoms with E-state index in [2.05, 4.69) is 14.9 Å². The highest BCUT2D eigenvalue weighted by atomic mass is 35.5. The van der Waals surface area contributed by atoms with E-state index in [1.165, 1.54) is 19.2 Å². The second-order valence-corrected chi connectivity index (χ2v) is 4.33. The topological polar surface area (TPSA) is 52.1 Å². The van der Waals surface area contributed by atoms with E-state index in [4.69, 9.17) is 34.8 Å². The van der Waals surface area contributed by atoms with Crippen LogP contribution in [0.15, 0.2) is 12.1 Å². The van der Waals surface area contributed by atoms with Crippen molar-refractivity contribution in [1.29, 1.82) is 0 Å². The standard InChI is InChI=1S/C10H5Cl3N2O2/c1-17-10(16)9-8(13)4-2-5(11)6(12)3-7(4)14-15-9/h2-3H,1H3. The molecule has 0 bridgehead atoms. The number of carbonyl (C=O) groups excluding carboxylic acids is 1. The van der Waals surface area contributed by atoms with Crippen molar-refractivity contribution < 1.29 is 9.53 Å². The third-order valence-electron chi connectivity index (χ3n) is 2.12. The van der Waals surface area contributed by atoms with Gasteiger partial charge in [0.2, 0.25) is 0 Å². The number of hydrogen-bond acceptors (Lipinski definition) is 4. The Morgan fingerprint density at radius 1 is 1.18 bits per heavy atom. The predicted octanol–water partition coefficient (Wildman–Crippen LogP) is 3.38. The molecule has 0 spiro atoms. The van der Waals surface area contributed by atoms with Crippen LogP contribution in [0.2, 0.25) is 15.1 Å². The largest absolute Gasteiger partial charge is 0.464 e. The molecule has 0 unspecified atom stereocenters. The number of aromatic nitrogens is 2. The Labute approximate surface area is 111 Å². The number of benzene rings is 1. The van der Waals surface area contributed by atoms with E-state index in [1.54, 1.807) is 0 Å². The van der Waals surface area contributed by atoms with E-state index < -0.39 is 5.97 Å². The van der Waals surface area contributed by atoms with Crippen molar-refractivity contribution >= 4 is 51.7 Å². The summed E-state index contributed by atoms with van der Waals surface area (Å²) in [4.78, 5) is 11.4. The van der Waals surface area contributed by atoms with Crippen LogP contribution in [0.4, 0.5) is 0 Å². The van der Waals surface area contributed by atoms with E-state index in [1.807, 2.05) is 0 Å². The first kappa shape index (κ1) is 12.4. The second kappa shape index (κ2) is 4.64.